The minimum atomic E-state index is -0.981. The van der Waals surface area contributed by atoms with Crippen LogP contribution in [0.5, 0.6) is 0 Å². The third kappa shape index (κ3) is 2.88. The van der Waals surface area contributed by atoms with Crippen LogP contribution in [0.1, 0.15) is 55.9 Å². The maximum absolute atomic E-state index is 12.0. The molecule has 0 aliphatic heterocycles. The highest BCUT2D eigenvalue weighted by molar-refractivity contribution is 5.87. The average Bonchev–Trinajstić information content (AvgIpc) is 2.39. The summed E-state index contributed by atoms with van der Waals surface area (Å²) in [6, 6.07) is 2.89. The Bertz CT molecular complexity index is 518. The molecule has 1 aromatic heterocycles. The van der Waals surface area contributed by atoms with E-state index in [2.05, 4.69) is 13.8 Å². The fourth-order valence-electron chi connectivity index (χ4n) is 3.15. The van der Waals surface area contributed by atoms with E-state index in [4.69, 9.17) is 5.11 Å². The number of carboxylic acids is 1. The molecule has 4 nitrogen and oxygen atoms in total. The van der Waals surface area contributed by atoms with Gasteiger partial charge in [0.25, 0.3) is 5.56 Å². The summed E-state index contributed by atoms with van der Waals surface area (Å²) >= 11 is 0. The van der Waals surface area contributed by atoms with Crippen LogP contribution in [0.3, 0.4) is 0 Å². The monoisotopic (exact) mass is 263 g/mol. The van der Waals surface area contributed by atoms with Crippen LogP contribution in [0.2, 0.25) is 0 Å². The van der Waals surface area contributed by atoms with Crippen molar-refractivity contribution < 1.29 is 9.90 Å². The smallest absolute Gasteiger partial charge is 0.337 e. The van der Waals surface area contributed by atoms with Crippen LogP contribution in [-0.4, -0.2) is 15.6 Å². The van der Waals surface area contributed by atoms with Crippen molar-refractivity contribution in [2.75, 3.05) is 0 Å². The van der Waals surface area contributed by atoms with Gasteiger partial charge in [-0.2, -0.15) is 0 Å². The van der Waals surface area contributed by atoms with Gasteiger partial charge in [0.05, 0.1) is 5.56 Å². The van der Waals surface area contributed by atoms with Gasteiger partial charge in [-0.15, -0.1) is 0 Å². The van der Waals surface area contributed by atoms with Gasteiger partial charge in [0.1, 0.15) is 0 Å². The maximum Gasteiger partial charge on any atom is 0.337 e. The molecule has 1 saturated carbocycles. The predicted octanol–water partition coefficient (Wildman–Crippen LogP) is 2.93. The highest BCUT2D eigenvalue weighted by Crippen LogP contribution is 2.37. The molecule has 1 aliphatic carbocycles. The fourth-order valence-corrected chi connectivity index (χ4v) is 3.15. The molecule has 2 unspecified atom stereocenters. The van der Waals surface area contributed by atoms with Crippen molar-refractivity contribution >= 4 is 5.97 Å². The van der Waals surface area contributed by atoms with Crippen molar-refractivity contribution in [2.24, 2.45) is 11.8 Å². The van der Waals surface area contributed by atoms with Gasteiger partial charge in [0.2, 0.25) is 0 Å². The van der Waals surface area contributed by atoms with Crippen molar-refractivity contribution in [1.82, 2.24) is 4.57 Å². The first-order valence-electron chi connectivity index (χ1n) is 6.96. The first-order valence-corrected chi connectivity index (χ1v) is 6.96. The topological polar surface area (TPSA) is 59.3 Å². The summed E-state index contributed by atoms with van der Waals surface area (Å²) in [7, 11) is 0. The quantitative estimate of drug-likeness (QED) is 0.912. The van der Waals surface area contributed by atoms with Gasteiger partial charge in [-0.05, 0) is 30.7 Å². The van der Waals surface area contributed by atoms with E-state index in [0.717, 1.165) is 19.3 Å². The van der Waals surface area contributed by atoms with Crippen LogP contribution in [0.25, 0.3) is 0 Å². The molecule has 2 rings (SSSR count). The van der Waals surface area contributed by atoms with Crippen molar-refractivity contribution in [3.63, 3.8) is 0 Å². The molecule has 2 atom stereocenters. The normalized spacial score (nSPS) is 23.5. The lowest BCUT2D eigenvalue weighted by Gasteiger charge is -2.35. The minimum absolute atomic E-state index is 0.0949. The second-order valence-corrected chi connectivity index (χ2v) is 5.73. The van der Waals surface area contributed by atoms with Crippen LogP contribution in [-0.2, 0) is 0 Å². The van der Waals surface area contributed by atoms with E-state index >= 15 is 0 Å². The van der Waals surface area contributed by atoms with E-state index in [0.29, 0.717) is 11.8 Å². The van der Waals surface area contributed by atoms with Crippen LogP contribution in [0.15, 0.2) is 23.1 Å². The molecular weight excluding hydrogens is 242 g/mol. The Labute approximate surface area is 113 Å². The molecule has 0 radical (unpaired) electrons. The number of rotatable bonds is 3. The number of aromatic carboxylic acids is 1. The summed E-state index contributed by atoms with van der Waals surface area (Å²) in [6.45, 7) is 4.35. The zero-order valence-electron chi connectivity index (χ0n) is 11.5. The summed E-state index contributed by atoms with van der Waals surface area (Å²) in [4.78, 5) is 23.1. The molecule has 1 N–H and O–H groups in total. The van der Waals surface area contributed by atoms with Gasteiger partial charge < -0.3 is 9.67 Å². The molecule has 0 saturated heterocycles. The van der Waals surface area contributed by atoms with Crippen molar-refractivity contribution in [2.45, 2.75) is 45.6 Å². The predicted molar refractivity (Wildman–Crippen MR) is 73.5 cm³/mol. The molecule has 1 aliphatic rings. The third-order valence-electron chi connectivity index (χ3n) is 4.18. The Hall–Kier alpha value is -1.58. The lowest BCUT2D eigenvalue weighted by Crippen LogP contribution is -2.33. The molecule has 1 fully saturated rings. The standard InChI is InChI=1S/C15H21NO3/c1-10(2)12-5-3-4-6-13(12)16-9-11(15(18)19)7-8-14(16)17/h7-10,12-13H,3-6H2,1-2H3,(H,18,19). The largest absolute Gasteiger partial charge is 0.478 e. The molecule has 104 valence electrons. The number of nitrogens with zero attached hydrogens (tertiary/aromatic N) is 1. The summed E-state index contributed by atoms with van der Waals surface area (Å²) in [6.07, 6.45) is 5.90. The summed E-state index contributed by atoms with van der Waals surface area (Å²) in [5.41, 5.74) is 0.0928. The van der Waals surface area contributed by atoms with E-state index in [-0.39, 0.29) is 17.2 Å². The second kappa shape index (κ2) is 5.59. The summed E-state index contributed by atoms with van der Waals surface area (Å²) in [5.74, 6) is -0.0214. The third-order valence-corrected chi connectivity index (χ3v) is 4.18. The SMILES string of the molecule is CC(C)C1CCCCC1n1cc(C(=O)O)ccc1=O. The van der Waals surface area contributed by atoms with Crippen LogP contribution in [0, 0.1) is 11.8 Å². The van der Waals surface area contributed by atoms with Gasteiger partial charge in [-0.25, -0.2) is 4.79 Å². The molecule has 1 heterocycles. The number of carbonyl (C=O) groups is 1. The molecule has 0 aromatic carbocycles. The Morgan fingerprint density at radius 2 is 2.00 bits per heavy atom. The van der Waals surface area contributed by atoms with Gasteiger partial charge in [-0.3, -0.25) is 4.79 Å². The van der Waals surface area contributed by atoms with E-state index < -0.39 is 5.97 Å². The molecular formula is C15H21NO3. The Morgan fingerprint density at radius 3 is 2.63 bits per heavy atom. The first kappa shape index (κ1) is 13.8. The molecule has 4 heteroatoms. The highest BCUT2D eigenvalue weighted by Gasteiger charge is 2.29. The molecule has 0 bridgehead atoms. The van der Waals surface area contributed by atoms with Crippen LogP contribution in [0.4, 0.5) is 0 Å². The van der Waals surface area contributed by atoms with Gasteiger partial charge in [-0.1, -0.05) is 26.7 Å². The summed E-state index contributed by atoms with van der Waals surface area (Å²) in [5, 5.41) is 9.06. The minimum Gasteiger partial charge on any atom is -0.478 e. The Morgan fingerprint density at radius 1 is 1.32 bits per heavy atom. The van der Waals surface area contributed by atoms with E-state index in [1.807, 2.05) is 0 Å². The van der Waals surface area contributed by atoms with Crippen LogP contribution < -0.4 is 5.56 Å². The van der Waals surface area contributed by atoms with E-state index in [9.17, 15) is 9.59 Å². The molecule has 1 aromatic rings. The van der Waals surface area contributed by atoms with Gasteiger partial charge in [0.15, 0.2) is 0 Å². The maximum atomic E-state index is 12.0. The number of hydrogen-bond donors (Lipinski definition) is 1. The Balaban J connectivity index is 2.41. The van der Waals surface area contributed by atoms with Crippen molar-refractivity contribution in [3.05, 3.63) is 34.2 Å². The zero-order chi connectivity index (χ0) is 14.0. The van der Waals surface area contributed by atoms with Crippen molar-refractivity contribution in [3.8, 4) is 0 Å². The summed E-state index contributed by atoms with van der Waals surface area (Å²) < 4.78 is 1.65. The van der Waals surface area contributed by atoms with Crippen LogP contribution >= 0.6 is 0 Å². The highest BCUT2D eigenvalue weighted by atomic mass is 16.4. The number of carboxylic acid groups (broad SMARTS) is 1. The number of hydrogen-bond acceptors (Lipinski definition) is 2. The van der Waals surface area contributed by atoms with Gasteiger partial charge in [0, 0.05) is 18.3 Å². The fraction of sp³-hybridized carbons (Fsp3) is 0.600. The van der Waals surface area contributed by atoms with Gasteiger partial charge >= 0.3 is 5.97 Å². The lowest BCUT2D eigenvalue weighted by atomic mass is 9.77. The number of aromatic nitrogens is 1. The lowest BCUT2D eigenvalue weighted by molar-refractivity contribution is 0.0695. The van der Waals surface area contributed by atoms with E-state index in [1.165, 1.54) is 24.8 Å². The van der Waals surface area contributed by atoms with E-state index in [1.54, 1.807) is 4.57 Å². The van der Waals surface area contributed by atoms with Crippen molar-refractivity contribution in [1.29, 1.82) is 0 Å². The Kier molecular flexibility index (Phi) is 4.08. The second-order valence-electron chi connectivity index (χ2n) is 5.73. The first-order chi connectivity index (χ1) is 9.00. The number of pyridine rings is 1. The zero-order valence-corrected chi connectivity index (χ0v) is 11.5. The molecule has 0 amide bonds. The molecule has 0 spiro atoms. The molecule has 19 heavy (non-hydrogen) atoms. The average molecular weight is 263 g/mol.